The third kappa shape index (κ3) is 17.2. The van der Waals surface area contributed by atoms with Gasteiger partial charge in [0.25, 0.3) is 0 Å². The number of benzene rings is 1. The van der Waals surface area contributed by atoms with Crippen LogP contribution in [-0.4, -0.2) is 77.1 Å². The van der Waals surface area contributed by atoms with Gasteiger partial charge >= 0.3 is 12.1 Å². The van der Waals surface area contributed by atoms with Crippen molar-refractivity contribution in [1.29, 1.82) is 0 Å². The molecule has 0 saturated heterocycles. The summed E-state index contributed by atoms with van der Waals surface area (Å²) >= 11 is 0. The van der Waals surface area contributed by atoms with Crippen LogP contribution in [0.4, 0.5) is 4.79 Å². The largest absolute Gasteiger partial charge is 0.458 e. The monoisotopic (exact) mass is 441 g/mol. The van der Waals surface area contributed by atoms with Gasteiger partial charge in [0.15, 0.2) is 0 Å². The summed E-state index contributed by atoms with van der Waals surface area (Å²) < 4.78 is 31.5. The first-order chi connectivity index (χ1) is 14.9. The van der Waals surface area contributed by atoms with Crippen LogP contribution in [0.3, 0.4) is 0 Å². The zero-order valence-electron chi connectivity index (χ0n) is 18.7. The Bertz CT molecular complexity index is 603. The van der Waals surface area contributed by atoms with Crippen LogP contribution in [0.25, 0.3) is 0 Å². The second kappa shape index (κ2) is 16.5. The zero-order valence-corrected chi connectivity index (χ0v) is 18.7. The average molecular weight is 442 g/mol. The topological polar surface area (TPSA) is 102 Å². The predicted octanol–water partition coefficient (Wildman–Crippen LogP) is 2.32. The quantitative estimate of drug-likeness (QED) is 0.308. The molecule has 1 rings (SSSR count). The summed E-state index contributed by atoms with van der Waals surface area (Å²) in [6.45, 7) is 8.67. The van der Waals surface area contributed by atoms with Crippen LogP contribution in [0.5, 0.6) is 0 Å². The van der Waals surface area contributed by atoms with Crippen LogP contribution in [0, 0.1) is 0 Å². The summed E-state index contributed by atoms with van der Waals surface area (Å²) in [6.07, 6.45) is -0.476. The van der Waals surface area contributed by atoms with E-state index in [9.17, 15) is 9.59 Å². The van der Waals surface area contributed by atoms with Crippen molar-refractivity contribution in [3.63, 3.8) is 0 Å². The molecule has 31 heavy (non-hydrogen) atoms. The molecule has 0 heterocycles. The standard InChI is InChI=1S/C22H35NO8/c1-22(2,3)31-20(24)18-29-16-15-28-14-13-27-12-11-26-10-9-23-21(25)30-17-19-7-5-4-6-8-19/h4-8H,9-18H2,1-3H3,(H,23,25). The lowest BCUT2D eigenvalue weighted by molar-refractivity contribution is -0.160. The lowest BCUT2D eigenvalue weighted by Gasteiger charge is -2.19. The van der Waals surface area contributed by atoms with Crippen molar-refractivity contribution in [3.8, 4) is 0 Å². The highest BCUT2D eigenvalue weighted by Gasteiger charge is 2.15. The second-order valence-corrected chi connectivity index (χ2v) is 7.46. The lowest BCUT2D eigenvalue weighted by atomic mass is 10.2. The van der Waals surface area contributed by atoms with Gasteiger partial charge in [-0.25, -0.2) is 9.59 Å². The van der Waals surface area contributed by atoms with Crippen LogP contribution >= 0.6 is 0 Å². The highest BCUT2D eigenvalue weighted by Crippen LogP contribution is 2.06. The summed E-state index contributed by atoms with van der Waals surface area (Å²) in [5.41, 5.74) is 0.423. The average Bonchev–Trinajstić information content (AvgIpc) is 2.72. The molecule has 0 spiro atoms. The van der Waals surface area contributed by atoms with E-state index in [0.717, 1.165) is 5.56 Å². The Morgan fingerprint density at radius 2 is 1.35 bits per heavy atom. The first kappa shape index (κ1) is 26.8. The third-order valence-electron chi connectivity index (χ3n) is 3.48. The lowest BCUT2D eigenvalue weighted by Crippen LogP contribution is -2.28. The molecule has 9 heteroatoms. The van der Waals surface area contributed by atoms with E-state index in [1.165, 1.54) is 0 Å². The van der Waals surface area contributed by atoms with E-state index in [2.05, 4.69) is 5.32 Å². The molecule has 0 bridgehead atoms. The SMILES string of the molecule is CC(C)(C)OC(=O)COCCOCCOCCOCCNC(=O)OCc1ccccc1. The molecule has 0 aliphatic rings. The normalized spacial score (nSPS) is 11.2. The first-order valence-electron chi connectivity index (χ1n) is 10.3. The van der Waals surface area contributed by atoms with Crippen molar-refractivity contribution >= 4 is 12.1 Å². The second-order valence-electron chi connectivity index (χ2n) is 7.46. The maximum Gasteiger partial charge on any atom is 0.407 e. The number of alkyl carbamates (subject to hydrolysis) is 1. The van der Waals surface area contributed by atoms with Crippen LogP contribution in [-0.2, 0) is 39.8 Å². The molecule has 0 atom stereocenters. The number of rotatable bonds is 16. The van der Waals surface area contributed by atoms with Crippen LogP contribution in [0.2, 0.25) is 0 Å². The minimum absolute atomic E-state index is 0.0892. The third-order valence-corrected chi connectivity index (χ3v) is 3.48. The molecule has 0 radical (unpaired) electrons. The van der Waals surface area contributed by atoms with Gasteiger partial charge in [-0.2, -0.15) is 0 Å². The molecule has 0 aliphatic carbocycles. The van der Waals surface area contributed by atoms with Crippen molar-refractivity contribution in [2.75, 3.05) is 59.4 Å². The van der Waals surface area contributed by atoms with E-state index >= 15 is 0 Å². The number of amides is 1. The summed E-state index contributed by atoms with van der Waals surface area (Å²) in [5.74, 6) is -0.393. The zero-order chi connectivity index (χ0) is 22.8. The Morgan fingerprint density at radius 1 is 0.806 bits per heavy atom. The molecule has 0 aromatic heterocycles. The first-order valence-corrected chi connectivity index (χ1v) is 10.3. The van der Waals surface area contributed by atoms with Crippen LogP contribution in [0.15, 0.2) is 30.3 Å². The minimum atomic E-state index is -0.511. The van der Waals surface area contributed by atoms with Crippen molar-refractivity contribution in [3.05, 3.63) is 35.9 Å². The Morgan fingerprint density at radius 3 is 1.94 bits per heavy atom. The van der Waals surface area contributed by atoms with Crippen LogP contribution < -0.4 is 5.32 Å². The summed E-state index contributed by atoms with van der Waals surface area (Å²) in [4.78, 5) is 23.0. The Hall–Kier alpha value is -2.20. The molecule has 9 nitrogen and oxygen atoms in total. The number of carbonyl (C=O) groups excluding carboxylic acids is 2. The van der Waals surface area contributed by atoms with Crippen molar-refractivity contribution < 1.29 is 38.0 Å². The number of ether oxygens (including phenoxy) is 6. The fourth-order valence-corrected chi connectivity index (χ4v) is 2.19. The van der Waals surface area contributed by atoms with E-state index in [-0.39, 0.29) is 13.2 Å². The Balaban J connectivity index is 1.79. The molecular formula is C22H35NO8. The summed E-state index contributed by atoms with van der Waals surface area (Å²) in [6, 6.07) is 9.47. The molecule has 1 N–H and O–H groups in total. The van der Waals surface area contributed by atoms with Crippen molar-refractivity contribution in [2.45, 2.75) is 33.0 Å². The number of carbonyl (C=O) groups is 2. The van der Waals surface area contributed by atoms with Gasteiger partial charge in [-0.1, -0.05) is 30.3 Å². The number of esters is 1. The van der Waals surface area contributed by atoms with E-state index in [4.69, 9.17) is 28.4 Å². The Labute approximate surface area is 184 Å². The minimum Gasteiger partial charge on any atom is -0.458 e. The maximum atomic E-state index is 11.5. The molecule has 0 saturated carbocycles. The molecule has 176 valence electrons. The summed E-state index contributed by atoms with van der Waals surface area (Å²) in [7, 11) is 0. The predicted molar refractivity (Wildman–Crippen MR) is 114 cm³/mol. The van der Waals surface area contributed by atoms with Crippen molar-refractivity contribution in [2.24, 2.45) is 0 Å². The van der Waals surface area contributed by atoms with E-state index in [1.54, 1.807) is 20.8 Å². The summed E-state index contributed by atoms with van der Waals surface area (Å²) in [5, 5.41) is 2.62. The number of nitrogens with one attached hydrogen (secondary N) is 1. The highest BCUT2D eigenvalue weighted by molar-refractivity contribution is 5.71. The van der Waals surface area contributed by atoms with Gasteiger partial charge in [-0.15, -0.1) is 0 Å². The molecule has 1 amide bonds. The highest BCUT2D eigenvalue weighted by atomic mass is 16.6. The van der Waals surface area contributed by atoms with Gasteiger partial charge in [0, 0.05) is 6.54 Å². The van der Waals surface area contributed by atoms with Gasteiger partial charge in [0.05, 0.1) is 46.2 Å². The van der Waals surface area contributed by atoms with Gasteiger partial charge in [-0.3, -0.25) is 0 Å². The molecule has 1 aromatic carbocycles. The molecule has 1 aromatic rings. The molecular weight excluding hydrogens is 406 g/mol. The van der Waals surface area contributed by atoms with E-state index in [0.29, 0.717) is 52.8 Å². The smallest absolute Gasteiger partial charge is 0.407 e. The van der Waals surface area contributed by atoms with Gasteiger partial charge < -0.3 is 33.7 Å². The van der Waals surface area contributed by atoms with Gasteiger partial charge in [0.1, 0.15) is 18.8 Å². The Kier molecular flexibility index (Phi) is 14.3. The van der Waals surface area contributed by atoms with Gasteiger partial charge in [-0.05, 0) is 26.3 Å². The van der Waals surface area contributed by atoms with Crippen molar-refractivity contribution in [1.82, 2.24) is 5.32 Å². The number of hydrogen-bond acceptors (Lipinski definition) is 8. The fourth-order valence-electron chi connectivity index (χ4n) is 2.19. The molecule has 0 aliphatic heterocycles. The molecule has 0 unspecified atom stereocenters. The molecule has 0 fully saturated rings. The fraction of sp³-hybridized carbons (Fsp3) is 0.636. The van der Waals surface area contributed by atoms with Crippen LogP contribution in [0.1, 0.15) is 26.3 Å². The van der Waals surface area contributed by atoms with E-state index in [1.807, 2.05) is 30.3 Å². The van der Waals surface area contributed by atoms with Gasteiger partial charge in [0.2, 0.25) is 0 Å². The maximum absolute atomic E-state index is 11.5. The number of hydrogen-bond donors (Lipinski definition) is 1. The van der Waals surface area contributed by atoms with E-state index < -0.39 is 17.7 Å².